The summed E-state index contributed by atoms with van der Waals surface area (Å²) in [7, 11) is 0. The van der Waals surface area contributed by atoms with Gasteiger partial charge in [0.25, 0.3) is 11.3 Å². The van der Waals surface area contributed by atoms with Crippen LogP contribution in [0.15, 0.2) is 41.3 Å². The molecule has 0 radical (unpaired) electrons. The largest absolute Gasteiger partial charge is 0.297 e. The molecule has 0 saturated heterocycles. The molecule has 0 N–H and O–H groups in total. The van der Waals surface area contributed by atoms with Crippen LogP contribution in [0.3, 0.4) is 0 Å². The van der Waals surface area contributed by atoms with Crippen LogP contribution in [0.25, 0.3) is 17.0 Å². The number of aryl methyl sites for hydroxylation is 1. The molecular formula is C12H9N5O. The Morgan fingerprint density at radius 3 is 2.67 bits per heavy atom. The molecule has 18 heavy (non-hydrogen) atoms. The second kappa shape index (κ2) is 3.99. The summed E-state index contributed by atoms with van der Waals surface area (Å²) in [4.78, 5) is 16.0. The van der Waals surface area contributed by atoms with E-state index < -0.39 is 0 Å². The smallest absolute Gasteiger partial charge is 0.265 e. The van der Waals surface area contributed by atoms with E-state index in [-0.39, 0.29) is 11.3 Å². The van der Waals surface area contributed by atoms with Gasteiger partial charge in [0.05, 0.1) is 6.20 Å². The lowest BCUT2D eigenvalue weighted by Crippen LogP contribution is -2.22. The Morgan fingerprint density at radius 1 is 1.11 bits per heavy atom. The molecule has 88 valence electrons. The minimum absolute atomic E-state index is 0.199. The standard InChI is InChI=1S/C12H9N5O/c1-8-11(18)17-12(15-14-8)13-7-10(16-17)9-5-3-2-4-6-9/h2-7H,1H3. The zero-order valence-electron chi connectivity index (χ0n) is 9.61. The van der Waals surface area contributed by atoms with Gasteiger partial charge < -0.3 is 0 Å². The first-order chi connectivity index (χ1) is 8.75. The molecule has 0 fully saturated rings. The molecule has 2 aromatic heterocycles. The fraction of sp³-hybridized carbons (Fsp3) is 0.0833. The Morgan fingerprint density at radius 2 is 1.89 bits per heavy atom. The van der Waals surface area contributed by atoms with Crippen molar-refractivity contribution in [2.75, 3.05) is 0 Å². The maximum absolute atomic E-state index is 11.9. The van der Waals surface area contributed by atoms with Crippen LogP contribution in [0, 0.1) is 6.92 Å². The van der Waals surface area contributed by atoms with E-state index in [1.165, 1.54) is 4.52 Å². The molecule has 6 nitrogen and oxygen atoms in total. The number of fused-ring (bicyclic) bond motifs is 1. The van der Waals surface area contributed by atoms with Gasteiger partial charge in [0.1, 0.15) is 11.4 Å². The highest BCUT2D eigenvalue weighted by Crippen LogP contribution is 2.13. The Hall–Kier alpha value is -2.63. The fourth-order valence-corrected chi connectivity index (χ4v) is 1.61. The lowest BCUT2D eigenvalue weighted by molar-refractivity contribution is 0.781. The van der Waals surface area contributed by atoms with Crippen LogP contribution in [0.1, 0.15) is 5.69 Å². The van der Waals surface area contributed by atoms with E-state index in [0.29, 0.717) is 11.4 Å². The summed E-state index contributed by atoms with van der Waals surface area (Å²) in [5, 5.41) is 11.8. The number of nitrogens with zero attached hydrogens (tertiary/aromatic N) is 5. The monoisotopic (exact) mass is 239 g/mol. The van der Waals surface area contributed by atoms with Gasteiger partial charge in [0, 0.05) is 5.56 Å². The molecule has 3 rings (SSSR count). The summed E-state index contributed by atoms with van der Waals surface area (Å²) in [6, 6.07) is 9.53. The van der Waals surface area contributed by atoms with Crippen molar-refractivity contribution in [1.82, 2.24) is 24.8 Å². The molecule has 0 saturated carbocycles. The van der Waals surface area contributed by atoms with Crippen molar-refractivity contribution < 1.29 is 0 Å². The van der Waals surface area contributed by atoms with Crippen LogP contribution in [0.4, 0.5) is 0 Å². The Balaban J connectivity index is 2.29. The number of benzene rings is 1. The lowest BCUT2D eigenvalue weighted by atomic mass is 10.2. The van der Waals surface area contributed by atoms with E-state index >= 15 is 0 Å². The van der Waals surface area contributed by atoms with E-state index in [0.717, 1.165) is 5.56 Å². The molecule has 0 bridgehead atoms. The summed E-state index contributed by atoms with van der Waals surface area (Å²) in [6.45, 7) is 1.60. The zero-order chi connectivity index (χ0) is 12.5. The molecule has 0 spiro atoms. The van der Waals surface area contributed by atoms with Crippen molar-refractivity contribution in [3.8, 4) is 11.3 Å². The van der Waals surface area contributed by atoms with Crippen LogP contribution in [0.5, 0.6) is 0 Å². The maximum Gasteiger partial charge on any atom is 0.297 e. The van der Waals surface area contributed by atoms with Crippen LogP contribution in [-0.4, -0.2) is 24.8 Å². The van der Waals surface area contributed by atoms with Gasteiger partial charge in [-0.1, -0.05) is 30.3 Å². The molecule has 3 aromatic rings. The molecule has 1 aromatic carbocycles. The van der Waals surface area contributed by atoms with Crippen molar-refractivity contribution in [1.29, 1.82) is 0 Å². The predicted molar refractivity (Wildman–Crippen MR) is 65.0 cm³/mol. The number of aromatic nitrogens is 5. The summed E-state index contributed by atoms with van der Waals surface area (Å²) in [5.41, 5.74) is 1.52. The highest BCUT2D eigenvalue weighted by molar-refractivity contribution is 5.57. The van der Waals surface area contributed by atoms with Crippen LogP contribution < -0.4 is 5.56 Å². The average molecular weight is 239 g/mol. The minimum Gasteiger partial charge on any atom is -0.265 e. The van der Waals surface area contributed by atoms with Gasteiger partial charge in [-0.25, -0.2) is 4.98 Å². The molecule has 0 aliphatic heterocycles. The van der Waals surface area contributed by atoms with E-state index in [1.807, 2.05) is 30.3 Å². The quantitative estimate of drug-likeness (QED) is 0.629. The third-order valence-corrected chi connectivity index (χ3v) is 2.56. The molecule has 0 aliphatic carbocycles. The van der Waals surface area contributed by atoms with Gasteiger partial charge in [0.2, 0.25) is 0 Å². The third-order valence-electron chi connectivity index (χ3n) is 2.56. The molecule has 0 aliphatic rings. The van der Waals surface area contributed by atoms with Gasteiger partial charge in [-0.3, -0.25) is 4.79 Å². The van der Waals surface area contributed by atoms with Gasteiger partial charge in [0.15, 0.2) is 0 Å². The van der Waals surface area contributed by atoms with Crippen LogP contribution in [0.2, 0.25) is 0 Å². The summed E-state index contributed by atoms with van der Waals surface area (Å²) < 4.78 is 1.17. The molecule has 0 amide bonds. The first-order valence-electron chi connectivity index (χ1n) is 5.40. The van der Waals surface area contributed by atoms with E-state index in [4.69, 9.17) is 0 Å². The molecule has 2 heterocycles. The van der Waals surface area contributed by atoms with Crippen molar-refractivity contribution in [3.05, 3.63) is 52.6 Å². The van der Waals surface area contributed by atoms with Crippen molar-refractivity contribution in [3.63, 3.8) is 0 Å². The minimum atomic E-state index is -0.301. The number of hydrogen-bond donors (Lipinski definition) is 0. The van der Waals surface area contributed by atoms with Crippen molar-refractivity contribution in [2.24, 2.45) is 0 Å². The average Bonchev–Trinajstić information content (AvgIpc) is 2.44. The van der Waals surface area contributed by atoms with E-state index in [9.17, 15) is 4.79 Å². The molecule has 0 atom stereocenters. The van der Waals surface area contributed by atoms with Gasteiger partial charge in [-0.15, -0.1) is 10.2 Å². The number of rotatable bonds is 1. The third kappa shape index (κ3) is 1.64. The summed E-state index contributed by atoms with van der Waals surface area (Å²) in [5.74, 6) is 0.199. The first-order valence-corrected chi connectivity index (χ1v) is 5.40. The molecular weight excluding hydrogens is 230 g/mol. The first kappa shape index (κ1) is 10.5. The fourth-order valence-electron chi connectivity index (χ4n) is 1.61. The predicted octanol–water partition coefficient (Wildman–Crippen LogP) is 0.855. The lowest BCUT2D eigenvalue weighted by Gasteiger charge is -2.02. The van der Waals surface area contributed by atoms with Crippen molar-refractivity contribution in [2.45, 2.75) is 6.92 Å². The van der Waals surface area contributed by atoms with Crippen LogP contribution in [-0.2, 0) is 0 Å². The summed E-state index contributed by atoms with van der Waals surface area (Å²) in [6.07, 6.45) is 1.58. The number of hydrogen-bond acceptors (Lipinski definition) is 5. The van der Waals surface area contributed by atoms with Crippen LogP contribution >= 0.6 is 0 Å². The molecule has 0 unspecified atom stereocenters. The SMILES string of the molecule is Cc1nnc2ncc(-c3ccccc3)nn2c1=O. The second-order valence-electron chi connectivity index (χ2n) is 3.81. The maximum atomic E-state index is 11.9. The topological polar surface area (TPSA) is 73.0 Å². The van der Waals surface area contributed by atoms with Gasteiger partial charge in [-0.05, 0) is 6.92 Å². The van der Waals surface area contributed by atoms with E-state index in [2.05, 4.69) is 20.3 Å². The Kier molecular flexibility index (Phi) is 2.33. The Labute approximate surface area is 102 Å². The highest BCUT2D eigenvalue weighted by atomic mass is 16.1. The molecule has 6 heteroatoms. The van der Waals surface area contributed by atoms with Gasteiger partial charge in [-0.2, -0.15) is 9.61 Å². The zero-order valence-corrected chi connectivity index (χ0v) is 9.61. The normalized spacial score (nSPS) is 10.7. The highest BCUT2D eigenvalue weighted by Gasteiger charge is 2.07. The van der Waals surface area contributed by atoms with E-state index in [1.54, 1.807) is 13.1 Å². The summed E-state index contributed by atoms with van der Waals surface area (Å²) >= 11 is 0. The van der Waals surface area contributed by atoms with Gasteiger partial charge >= 0.3 is 0 Å². The van der Waals surface area contributed by atoms with Crippen molar-refractivity contribution >= 4 is 5.78 Å². The second-order valence-corrected chi connectivity index (χ2v) is 3.81. The Bertz CT molecular complexity index is 766.